The Balaban J connectivity index is 1.79. The molecule has 0 spiro atoms. The molecule has 1 aliphatic rings. The van der Waals surface area contributed by atoms with Gasteiger partial charge in [0.05, 0.1) is 5.56 Å². The monoisotopic (exact) mass is 344 g/mol. The van der Waals surface area contributed by atoms with Gasteiger partial charge in [0, 0.05) is 37.4 Å². The maximum atomic E-state index is 13.7. The summed E-state index contributed by atoms with van der Waals surface area (Å²) in [5.41, 5.74) is 6.61. The van der Waals surface area contributed by atoms with Crippen molar-refractivity contribution in [1.29, 1.82) is 0 Å². The number of nitrogens with zero attached hydrogens (tertiary/aromatic N) is 3. The van der Waals surface area contributed by atoms with Crippen LogP contribution in [-0.4, -0.2) is 47.0 Å². The molecule has 1 amide bonds. The van der Waals surface area contributed by atoms with Gasteiger partial charge in [-0.25, -0.2) is 14.4 Å². The largest absolute Gasteiger partial charge is 0.491 e. The van der Waals surface area contributed by atoms with Gasteiger partial charge >= 0.3 is 0 Å². The maximum Gasteiger partial charge on any atom is 0.257 e. The third-order valence-electron chi connectivity index (χ3n) is 4.28. The Hall–Kier alpha value is -2.54. The first-order chi connectivity index (χ1) is 12.2. The molecule has 0 bridgehead atoms. The Morgan fingerprint density at radius 2 is 2.28 bits per heavy atom. The molecular formula is C18H21FN4O2. The fraction of sp³-hybridized carbons (Fsp3) is 0.389. The molecule has 0 saturated carbocycles. The second kappa shape index (κ2) is 8.02. The van der Waals surface area contributed by atoms with Crippen LogP contribution >= 0.6 is 0 Å². The van der Waals surface area contributed by atoms with Gasteiger partial charge in [-0.15, -0.1) is 0 Å². The quantitative estimate of drug-likeness (QED) is 0.897. The van der Waals surface area contributed by atoms with E-state index >= 15 is 0 Å². The molecule has 0 aliphatic carbocycles. The van der Waals surface area contributed by atoms with Crippen molar-refractivity contribution >= 4 is 5.91 Å². The van der Waals surface area contributed by atoms with Crippen LogP contribution in [0, 0.1) is 5.82 Å². The van der Waals surface area contributed by atoms with Gasteiger partial charge in [-0.3, -0.25) is 4.79 Å². The lowest BCUT2D eigenvalue weighted by Crippen LogP contribution is -2.39. The smallest absolute Gasteiger partial charge is 0.257 e. The van der Waals surface area contributed by atoms with Crippen LogP contribution in [-0.2, 0) is 0 Å². The fourth-order valence-corrected chi connectivity index (χ4v) is 3.08. The first kappa shape index (κ1) is 17.3. The van der Waals surface area contributed by atoms with Crippen LogP contribution < -0.4 is 10.5 Å². The number of carbonyl (C=O) groups excluding carboxylic acids is 1. The summed E-state index contributed by atoms with van der Waals surface area (Å²) in [5.74, 6) is -0.179. The summed E-state index contributed by atoms with van der Waals surface area (Å²) in [6.45, 7) is 1.77. The third-order valence-corrected chi connectivity index (χ3v) is 4.28. The van der Waals surface area contributed by atoms with Crippen LogP contribution in [0.25, 0.3) is 0 Å². The molecule has 2 heterocycles. The van der Waals surface area contributed by atoms with Crippen molar-refractivity contribution in [3.8, 4) is 5.75 Å². The minimum Gasteiger partial charge on any atom is -0.491 e. The van der Waals surface area contributed by atoms with Gasteiger partial charge in [0.2, 0.25) is 0 Å². The van der Waals surface area contributed by atoms with E-state index in [4.69, 9.17) is 10.5 Å². The van der Waals surface area contributed by atoms with E-state index in [1.54, 1.807) is 11.1 Å². The third kappa shape index (κ3) is 4.11. The molecule has 3 rings (SSSR count). The van der Waals surface area contributed by atoms with E-state index in [-0.39, 0.29) is 24.0 Å². The van der Waals surface area contributed by atoms with Crippen LogP contribution in [0.4, 0.5) is 4.39 Å². The zero-order valence-corrected chi connectivity index (χ0v) is 13.9. The highest BCUT2D eigenvalue weighted by atomic mass is 19.1. The standard InChI is InChI=1S/C18H21FN4O2/c19-14-3-4-17(25-9-6-20)15(10-14)18(24)23-8-1-2-13(11-23)16-5-7-21-12-22-16/h3-5,7,10,12-13H,1-2,6,8-9,11,20H2/t13-/m1/s1. The van der Waals surface area contributed by atoms with Gasteiger partial charge in [0.25, 0.3) is 5.91 Å². The second-order valence-electron chi connectivity index (χ2n) is 6.00. The zero-order valence-electron chi connectivity index (χ0n) is 13.9. The van der Waals surface area contributed by atoms with Crippen LogP contribution in [0.1, 0.15) is 34.8 Å². The predicted molar refractivity (Wildman–Crippen MR) is 90.9 cm³/mol. The van der Waals surface area contributed by atoms with E-state index in [1.165, 1.54) is 24.5 Å². The number of piperidine rings is 1. The molecule has 1 saturated heterocycles. The normalized spacial score (nSPS) is 17.4. The number of hydrogen-bond acceptors (Lipinski definition) is 5. The van der Waals surface area contributed by atoms with Crippen molar-refractivity contribution in [3.63, 3.8) is 0 Å². The molecule has 25 heavy (non-hydrogen) atoms. The fourth-order valence-electron chi connectivity index (χ4n) is 3.08. The molecule has 132 valence electrons. The summed E-state index contributed by atoms with van der Waals surface area (Å²) in [4.78, 5) is 22.9. The molecule has 6 nitrogen and oxygen atoms in total. The summed E-state index contributed by atoms with van der Waals surface area (Å²) < 4.78 is 19.2. The first-order valence-electron chi connectivity index (χ1n) is 8.36. The lowest BCUT2D eigenvalue weighted by atomic mass is 9.94. The second-order valence-corrected chi connectivity index (χ2v) is 6.00. The van der Waals surface area contributed by atoms with Gasteiger partial charge in [-0.05, 0) is 37.1 Å². The average molecular weight is 344 g/mol. The summed E-state index contributed by atoms with van der Waals surface area (Å²) in [6, 6.07) is 5.85. The molecule has 2 N–H and O–H groups in total. The maximum absolute atomic E-state index is 13.7. The van der Waals surface area contributed by atoms with E-state index in [1.807, 2.05) is 6.07 Å². The molecule has 2 aromatic rings. The van der Waals surface area contributed by atoms with Crippen molar-refractivity contribution in [2.24, 2.45) is 5.73 Å². The van der Waals surface area contributed by atoms with Crippen molar-refractivity contribution < 1.29 is 13.9 Å². The number of amides is 1. The van der Waals surface area contributed by atoms with E-state index in [2.05, 4.69) is 9.97 Å². The molecular weight excluding hydrogens is 323 g/mol. The number of nitrogens with two attached hydrogens (primary N) is 1. The number of rotatable bonds is 5. The molecule has 0 unspecified atom stereocenters. The van der Waals surface area contributed by atoms with Crippen molar-refractivity contribution in [1.82, 2.24) is 14.9 Å². The minimum absolute atomic E-state index is 0.155. The number of hydrogen-bond donors (Lipinski definition) is 1. The molecule has 1 aliphatic heterocycles. The van der Waals surface area contributed by atoms with Crippen LogP contribution in [0.5, 0.6) is 5.75 Å². The Labute approximate surface area is 145 Å². The topological polar surface area (TPSA) is 81.3 Å². The number of ether oxygens (including phenoxy) is 1. The lowest BCUT2D eigenvalue weighted by Gasteiger charge is -2.32. The van der Waals surface area contributed by atoms with Gasteiger partial charge in [0.1, 0.15) is 24.5 Å². The minimum atomic E-state index is -0.465. The predicted octanol–water partition coefficient (Wildman–Crippen LogP) is 1.97. The van der Waals surface area contributed by atoms with Crippen LogP contribution in [0.2, 0.25) is 0 Å². The van der Waals surface area contributed by atoms with Crippen molar-refractivity contribution in [3.05, 3.63) is 53.9 Å². The summed E-state index contributed by atoms with van der Waals surface area (Å²) >= 11 is 0. The van der Waals surface area contributed by atoms with Crippen molar-refractivity contribution in [2.75, 3.05) is 26.2 Å². The Morgan fingerprint density at radius 3 is 3.04 bits per heavy atom. The average Bonchev–Trinajstić information content (AvgIpc) is 2.67. The van der Waals surface area contributed by atoms with Crippen molar-refractivity contribution in [2.45, 2.75) is 18.8 Å². The summed E-state index contributed by atoms with van der Waals surface area (Å²) in [5, 5.41) is 0. The molecule has 1 aromatic heterocycles. The van der Waals surface area contributed by atoms with E-state index < -0.39 is 5.82 Å². The molecule has 1 aromatic carbocycles. The first-order valence-corrected chi connectivity index (χ1v) is 8.36. The number of carbonyl (C=O) groups is 1. The Bertz CT molecular complexity index is 726. The number of benzene rings is 1. The van der Waals surface area contributed by atoms with E-state index in [9.17, 15) is 9.18 Å². The van der Waals surface area contributed by atoms with Gasteiger partial charge in [0.15, 0.2) is 0 Å². The lowest BCUT2D eigenvalue weighted by molar-refractivity contribution is 0.0701. The Morgan fingerprint density at radius 1 is 1.40 bits per heavy atom. The molecule has 1 atom stereocenters. The highest BCUT2D eigenvalue weighted by molar-refractivity contribution is 5.97. The SMILES string of the molecule is NCCOc1ccc(F)cc1C(=O)N1CCC[C@@H](c2ccncn2)C1. The van der Waals surface area contributed by atoms with Crippen LogP contribution in [0.3, 0.4) is 0 Å². The summed E-state index contributed by atoms with van der Waals surface area (Å²) in [7, 11) is 0. The molecule has 0 radical (unpaired) electrons. The van der Waals surface area contributed by atoms with E-state index in [0.29, 0.717) is 25.4 Å². The van der Waals surface area contributed by atoms with Gasteiger partial charge < -0.3 is 15.4 Å². The number of halogens is 1. The molecule has 7 heteroatoms. The summed E-state index contributed by atoms with van der Waals surface area (Å²) in [6.07, 6.45) is 5.05. The van der Waals surface area contributed by atoms with Crippen LogP contribution in [0.15, 0.2) is 36.8 Å². The number of aromatic nitrogens is 2. The van der Waals surface area contributed by atoms with Gasteiger partial charge in [-0.1, -0.05) is 0 Å². The zero-order chi connectivity index (χ0) is 17.6. The molecule has 1 fully saturated rings. The number of likely N-dealkylation sites (tertiary alicyclic amines) is 1. The van der Waals surface area contributed by atoms with Gasteiger partial charge in [-0.2, -0.15) is 0 Å². The Kier molecular flexibility index (Phi) is 5.55. The highest BCUT2D eigenvalue weighted by Crippen LogP contribution is 2.28. The highest BCUT2D eigenvalue weighted by Gasteiger charge is 2.28. The van der Waals surface area contributed by atoms with E-state index in [0.717, 1.165) is 18.5 Å².